The van der Waals surface area contributed by atoms with Gasteiger partial charge < -0.3 is 0 Å². The Labute approximate surface area is 117 Å². The van der Waals surface area contributed by atoms with Crippen LogP contribution in [0.4, 0.5) is 0 Å². The zero-order valence-corrected chi connectivity index (χ0v) is 19.4. The van der Waals surface area contributed by atoms with Gasteiger partial charge in [-0.25, -0.2) is 0 Å². The van der Waals surface area contributed by atoms with E-state index in [9.17, 15) is 0 Å². The molecule has 0 aliphatic carbocycles. The van der Waals surface area contributed by atoms with Crippen molar-refractivity contribution >= 4 is 92.8 Å². The van der Waals surface area contributed by atoms with Gasteiger partial charge in [0.1, 0.15) is 0 Å². The van der Waals surface area contributed by atoms with E-state index < -0.39 is 66.6 Å². The predicted molar refractivity (Wildman–Crippen MR) is 27.1 cm³/mol. The number of hydrogen-bond acceptors (Lipinski definition) is 9. The summed E-state index contributed by atoms with van der Waals surface area (Å²) in [6.45, 7) is 0. The monoisotopic (exact) mass is 980 g/mol. The van der Waals surface area contributed by atoms with Gasteiger partial charge in [0.2, 0.25) is 0 Å². The average molecular weight is 980 g/mol. The Balaban J connectivity index is -0.0000000450. The van der Waals surface area contributed by atoms with Gasteiger partial charge >= 0.3 is 119 Å². The van der Waals surface area contributed by atoms with E-state index in [0.29, 0.717) is 0 Å². The molecule has 13 heavy (non-hydrogen) atoms. The molecule has 0 aromatic rings. The molecule has 0 atom stereocenters. The molecule has 0 spiro atoms. The first-order valence-electron chi connectivity index (χ1n) is 1.64. The third-order valence-electron chi connectivity index (χ3n) is 0. The second-order valence-corrected chi connectivity index (χ2v) is 5.89. The number of hydrogen-bond donors (Lipinski definition) is 0. The molecule has 9 nitrogen and oxygen atoms in total. The number of rotatable bonds is 0. The van der Waals surface area contributed by atoms with Crippen LogP contribution in [0.15, 0.2) is 0 Å². The van der Waals surface area contributed by atoms with Crippen LogP contribution in [0.1, 0.15) is 0 Å². The molecule has 0 N–H and O–H groups in total. The van der Waals surface area contributed by atoms with Crippen LogP contribution in [-0.4, -0.2) is 92.8 Å². The van der Waals surface area contributed by atoms with E-state index in [4.69, 9.17) is 26.4 Å². The van der Waals surface area contributed by atoms with E-state index in [0.717, 1.165) is 0 Å². The Morgan fingerprint density at radius 2 is 0.538 bits per heavy atom. The van der Waals surface area contributed by atoms with Crippen molar-refractivity contribution in [3.05, 3.63) is 0 Å². The molecule has 0 bridgehead atoms. The molecule has 0 aromatic heterocycles. The Bertz CT molecular complexity index is 204. The van der Waals surface area contributed by atoms with Crippen LogP contribution in [0.3, 0.4) is 0 Å². The molecular weight excluding hydrogens is 980 g/mol. The molecule has 0 rings (SSSR count). The average Bonchev–Trinajstić information content (AvgIpc) is 1.54. The molecule has 74 valence electrons. The van der Waals surface area contributed by atoms with E-state index in [-0.39, 0.29) is 26.2 Å². The summed E-state index contributed by atoms with van der Waals surface area (Å²) >= 11 is -13.0. The molecule has 0 aliphatic rings. The molecule has 0 heterocycles. The van der Waals surface area contributed by atoms with Crippen LogP contribution in [0, 0.1) is 0 Å². The van der Waals surface area contributed by atoms with Crippen molar-refractivity contribution in [1.82, 2.24) is 0 Å². The molecule has 0 unspecified atom stereocenters. The van der Waals surface area contributed by atoms with Gasteiger partial charge in [0, 0.05) is 0 Å². The SMILES string of the molecule is [Bi+3].[O]=[Bi](=[O])[O-].[O]=[Bi](=[O])[O-].[O]=[Bi](=[O])[O-]. The molecule has 0 saturated carbocycles. The van der Waals surface area contributed by atoms with Crippen LogP contribution in [0.2, 0.25) is 0 Å². The summed E-state index contributed by atoms with van der Waals surface area (Å²) in [4.78, 5) is 0. The van der Waals surface area contributed by atoms with Gasteiger partial charge in [-0.1, -0.05) is 0 Å². The van der Waals surface area contributed by atoms with Crippen molar-refractivity contribution in [2.75, 3.05) is 0 Å². The van der Waals surface area contributed by atoms with Crippen LogP contribution in [0.5, 0.6) is 0 Å². The minimum atomic E-state index is -4.34. The van der Waals surface area contributed by atoms with Crippen molar-refractivity contribution in [3.63, 3.8) is 0 Å². The maximum atomic E-state index is 8.62. The zero-order valence-electron chi connectivity index (χ0n) is 5.46. The van der Waals surface area contributed by atoms with Gasteiger partial charge in [-0.2, -0.15) is 0 Å². The Hall–Kier alpha value is 2.21. The van der Waals surface area contributed by atoms with Crippen molar-refractivity contribution in [2.45, 2.75) is 0 Å². The quantitative estimate of drug-likeness (QED) is 0.215. The van der Waals surface area contributed by atoms with Gasteiger partial charge in [-0.3, -0.25) is 0 Å². The first-order valence-corrected chi connectivity index (χ1v) is 14.4. The summed E-state index contributed by atoms with van der Waals surface area (Å²) in [6.07, 6.45) is 0. The van der Waals surface area contributed by atoms with Crippen molar-refractivity contribution in [2.24, 2.45) is 0 Å². The molecule has 0 fully saturated rings. The Morgan fingerprint density at radius 3 is 0.538 bits per heavy atom. The van der Waals surface area contributed by atoms with E-state index >= 15 is 0 Å². The fourth-order valence-corrected chi connectivity index (χ4v) is 0. The Kier molecular flexibility index (Phi) is 37.1. The summed E-state index contributed by atoms with van der Waals surface area (Å²) in [5, 5.41) is 0. The van der Waals surface area contributed by atoms with Crippen molar-refractivity contribution < 1.29 is 26.4 Å². The van der Waals surface area contributed by atoms with Crippen molar-refractivity contribution in [1.29, 1.82) is 0 Å². The Morgan fingerprint density at radius 1 is 0.538 bits per heavy atom. The van der Waals surface area contributed by atoms with Crippen LogP contribution in [0.25, 0.3) is 0 Å². The van der Waals surface area contributed by atoms with E-state index in [1.807, 2.05) is 0 Å². The van der Waals surface area contributed by atoms with Crippen LogP contribution >= 0.6 is 0 Å². The summed E-state index contributed by atoms with van der Waals surface area (Å²) in [6, 6.07) is 0. The fraction of sp³-hybridized carbons (Fsp3) is 0. The molecule has 0 aromatic carbocycles. The van der Waals surface area contributed by atoms with Gasteiger partial charge in [-0.05, 0) is 0 Å². The summed E-state index contributed by atoms with van der Waals surface area (Å²) in [5.74, 6) is 0. The normalized spacial score (nSPS) is 5.77. The van der Waals surface area contributed by atoms with Crippen LogP contribution < -0.4 is 9.55 Å². The molecule has 2 radical (unpaired) electrons. The molecule has 0 aliphatic heterocycles. The summed E-state index contributed by atoms with van der Waals surface area (Å²) < 4.78 is 77.6. The van der Waals surface area contributed by atoms with Gasteiger partial charge in [-0.15, -0.1) is 0 Å². The first kappa shape index (κ1) is 24.4. The minimum absolute atomic E-state index is 0. The molecule has 0 amide bonds. The third kappa shape index (κ3) is 433. The summed E-state index contributed by atoms with van der Waals surface area (Å²) in [5.41, 5.74) is 0. The van der Waals surface area contributed by atoms with Crippen LogP contribution in [-0.2, 0) is 16.9 Å². The summed E-state index contributed by atoms with van der Waals surface area (Å²) in [7, 11) is 0. The predicted octanol–water partition coefficient (Wildman–Crippen LogP) is -5.80. The van der Waals surface area contributed by atoms with E-state index in [2.05, 4.69) is 0 Å². The second kappa shape index (κ2) is 19.7. The van der Waals surface area contributed by atoms with Gasteiger partial charge in [0.25, 0.3) is 0 Å². The molecule has 0 saturated heterocycles. The molecular formula is Bi4O9. The van der Waals surface area contributed by atoms with E-state index in [1.54, 1.807) is 0 Å². The van der Waals surface area contributed by atoms with Gasteiger partial charge in [0.05, 0.1) is 0 Å². The van der Waals surface area contributed by atoms with Gasteiger partial charge in [0.15, 0.2) is 0 Å². The standard InChI is InChI=1S/4Bi.9O/q;;;+3;;;;;;;3*-1. The first-order chi connectivity index (χ1) is 5.20. The topological polar surface area (TPSA) is 172 Å². The second-order valence-electron chi connectivity index (χ2n) is 0.671. The fourth-order valence-electron chi connectivity index (χ4n) is 0. The maximum absolute atomic E-state index is 8.62. The third-order valence-corrected chi connectivity index (χ3v) is 0. The zero-order chi connectivity index (χ0) is 10.7. The van der Waals surface area contributed by atoms with E-state index in [1.165, 1.54) is 0 Å². The van der Waals surface area contributed by atoms with Crippen molar-refractivity contribution in [3.8, 4) is 0 Å². The molecule has 13 heteroatoms.